The molecule has 1 N–H and O–H groups in total. The van der Waals surface area contributed by atoms with Crippen molar-refractivity contribution in [2.24, 2.45) is 4.99 Å². The maximum absolute atomic E-state index is 12.9. The second-order valence-corrected chi connectivity index (χ2v) is 6.71. The molecule has 0 fully saturated rings. The van der Waals surface area contributed by atoms with Gasteiger partial charge in [-0.2, -0.15) is 0 Å². The fourth-order valence-electron chi connectivity index (χ4n) is 3.54. The molecule has 0 spiro atoms. The molecule has 1 aliphatic rings. The average molecular weight is 379 g/mol. The zero-order valence-corrected chi connectivity index (χ0v) is 16.4. The first kappa shape index (κ1) is 19.7. The standard InChI is InChI=1S/C23H25NO4/c1-4-18(24-17-10-11-21(27-2)22(14-17)28-3)23-19(25)12-16(13-20(23)26)15-8-6-5-7-9-15/h5-11,14,16,25H,4,12-13H2,1-3H3. The van der Waals surface area contributed by atoms with Crippen molar-refractivity contribution >= 4 is 17.2 Å². The normalized spacial score (nSPS) is 17.6. The van der Waals surface area contributed by atoms with E-state index in [-0.39, 0.29) is 17.5 Å². The van der Waals surface area contributed by atoms with Crippen LogP contribution >= 0.6 is 0 Å². The van der Waals surface area contributed by atoms with Crippen molar-refractivity contribution in [3.63, 3.8) is 0 Å². The highest BCUT2D eigenvalue weighted by atomic mass is 16.5. The number of methoxy groups -OCH3 is 2. The summed E-state index contributed by atoms with van der Waals surface area (Å²) in [6, 6.07) is 15.2. The first-order valence-electron chi connectivity index (χ1n) is 9.37. The van der Waals surface area contributed by atoms with E-state index in [1.807, 2.05) is 37.3 Å². The van der Waals surface area contributed by atoms with Gasteiger partial charge in [0.25, 0.3) is 0 Å². The van der Waals surface area contributed by atoms with Gasteiger partial charge >= 0.3 is 0 Å². The monoisotopic (exact) mass is 379 g/mol. The molecular formula is C23H25NO4. The van der Waals surface area contributed by atoms with Crippen LogP contribution in [0.25, 0.3) is 0 Å². The minimum Gasteiger partial charge on any atom is -0.511 e. The highest BCUT2D eigenvalue weighted by Crippen LogP contribution is 2.36. The lowest BCUT2D eigenvalue weighted by Crippen LogP contribution is -2.23. The number of aliphatic hydroxyl groups excluding tert-OH is 1. The molecule has 0 radical (unpaired) electrons. The third-order valence-corrected chi connectivity index (χ3v) is 4.96. The molecule has 0 saturated heterocycles. The summed E-state index contributed by atoms with van der Waals surface area (Å²) in [6.45, 7) is 1.93. The lowest BCUT2D eigenvalue weighted by Gasteiger charge is -2.24. The Balaban J connectivity index is 1.93. The summed E-state index contributed by atoms with van der Waals surface area (Å²) in [5, 5.41) is 10.7. The smallest absolute Gasteiger partial charge is 0.168 e. The van der Waals surface area contributed by atoms with Crippen molar-refractivity contribution in [3.05, 3.63) is 65.4 Å². The maximum atomic E-state index is 12.9. The number of aliphatic hydroxyl groups is 1. The minimum atomic E-state index is -0.0707. The average Bonchev–Trinajstić information content (AvgIpc) is 2.72. The van der Waals surface area contributed by atoms with Gasteiger partial charge < -0.3 is 14.6 Å². The quantitative estimate of drug-likeness (QED) is 0.705. The molecule has 0 aliphatic heterocycles. The number of hydrogen-bond donors (Lipinski definition) is 1. The van der Waals surface area contributed by atoms with Crippen LogP contribution in [0.3, 0.4) is 0 Å². The van der Waals surface area contributed by atoms with Crippen LogP contribution in [0, 0.1) is 0 Å². The molecule has 0 aromatic heterocycles. The zero-order chi connectivity index (χ0) is 20.1. The summed E-state index contributed by atoms with van der Waals surface area (Å²) >= 11 is 0. The topological polar surface area (TPSA) is 68.1 Å². The number of benzene rings is 2. The Morgan fingerprint density at radius 2 is 1.79 bits per heavy atom. The largest absolute Gasteiger partial charge is 0.511 e. The number of rotatable bonds is 6. The molecule has 5 nitrogen and oxygen atoms in total. The van der Waals surface area contributed by atoms with Crippen molar-refractivity contribution in [1.29, 1.82) is 0 Å². The van der Waals surface area contributed by atoms with Crippen LogP contribution in [0.15, 0.2) is 64.9 Å². The van der Waals surface area contributed by atoms with Gasteiger partial charge in [0.05, 0.1) is 31.2 Å². The van der Waals surface area contributed by atoms with E-state index in [2.05, 4.69) is 4.99 Å². The molecule has 2 aromatic carbocycles. The van der Waals surface area contributed by atoms with E-state index in [1.165, 1.54) is 0 Å². The summed E-state index contributed by atoms with van der Waals surface area (Å²) in [5.41, 5.74) is 2.65. The summed E-state index contributed by atoms with van der Waals surface area (Å²) < 4.78 is 10.6. The van der Waals surface area contributed by atoms with Crippen molar-refractivity contribution in [2.75, 3.05) is 14.2 Å². The molecule has 2 aromatic rings. The molecule has 0 heterocycles. The van der Waals surface area contributed by atoms with Crippen LogP contribution in [0.5, 0.6) is 11.5 Å². The van der Waals surface area contributed by atoms with E-state index in [1.54, 1.807) is 32.4 Å². The third-order valence-electron chi connectivity index (χ3n) is 4.96. The summed E-state index contributed by atoms with van der Waals surface area (Å²) in [7, 11) is 3.14. The second-order valence-electron chi connectivity index (χ2n) is 6.71. The molecule has 5 heteroatoms. The lowest BCUT2D eigenvalue weighted by molar-refractivity contribution is -0.116. The van der Waals surface area contributed by atoms with Crippen molar-refractivity contribution in [2.45, 2.75) is 32.1 Å². The molecule has 3 rings (SSSR count). The Labute approximate surface area is 165 Å². The lowest BCUT2D eigenvalue weighted by atomic mass is 9.81. The number of allylic oxidation sites excluding steroid dienone is 2. The van der Waals surface area contributed by atoms with Crippen LogP contribution in [-0.4, -0.2) is 30.8 Å². The van der Waals surface area contributed by atoms with Gasteiger partial charge in [-0.25, -0.2) is 0 Å². The van der Waals surface area contributed by atoms with Gasteiger partial charge in [0.1, 0.15) is 5.76 Å². The van der Waals surface area contributed by atoms with Crippen LogP contribution in [0.4, 0.5) is 5.69 Å². The Kier molecular flexibility index (Phi) is 6.14. The Morgan fingerprint density at radius 3 is 2.39 bits per heavy atom. The predicted molar refractivity (Wildman–Crippen MR) is 110 cm³/mol. The van der Waals surface area contributed by atoms with Crippen LogP contribution < -0.4 is 9.47 Å². The van der Waals surface area contributed by atoms with Gasteiger partial charge in [0.15, 0.2) is 17.3 Å². The SMILES string of the molecule is CCC(=Nc1ccc(OC)c(OC)c1)C1=C(O)CC(c2ccccc2)CC1=O. The van der Waals surface area contributed by atoms with Crippen LogP contribution in [0.1, 0.15) is 37.7 Å². The van der Waals surface area contributed by atoms with Gasteiger partial charge in [0.2, 0.25) is 0 Å². The first-order chi connectivity index (χ1) is 13.6. The van der Waals surface area contributed by atoms with Gasteiger partial charge in [-0.15, -0.1) is 0 Å². The number of carbonyl (C=O) groups excluding carboxylic acids is 1. The fraction of sp³-hybridized carbons (Fsp3) is 0.304. The highest BCUT2D eigenvalue weighted by molar-refractivity contribution is 6.23. The van der Waals surface area contributed by atoms with Crippen molar-refractivity contribution < 1.29 is 19.4 Å². The number of ether oxygens (including phenoxy) is 2. The summed E-state index contributed by atoms with van der Waals surface area (Å²) in [4.78, 5) is 17.5. The molecule has 0 amide bonds. The van der Waals surface area contributed by atoms with E-state index < -0.39 is 0 Å². The Bertz CT molecular complexity index is 915. The molecular weight excluding hydrogens is 354 g/mol. The molecule has 1 atom stereocenters. The van der Waals surface area contributed by atoms with Crippen molar-refractivity contribution in [3.8, 4) is 11.5 Å². The Hall–Kier alpha value is -3.08. The molecule has 0 bridgehead atoms. The molecule has 146 valence electrons. The molecule has 1 unspecified atom stereocenters. The van der Waals surface area contributed by atoms with E-state index in [9.17, 15) is 9.90 Å². The number of carbonyl (C=O) groups is 1. The van der Waals surface area contributed by atoms with Gasteiger partial charge in [-0.05, 0) is 30.0 Å². The molecule has 28 heavy (non-hydrogen) atoms. The summed E-state index contributed by atoms with van der Waals surface area (Å²) in [5.74, 6) is 1.22. The fourth-order valence-corrected chi connectivity index (χ4v) is 3.54. The van der Waals surface area contributed by atoms with Crippen molar-refractivity contribution in [1.82, 2.24) is 0 Å². The van der Waals surface area contributed by atoms with E-state index in [4.69, 9.17) is 9.47 Å². The highest BCUT2D eigenvalue weighted by Gasteiger charge is 2.30. The number of hydrogen-bond acceptors (Lipinski definition) is 5. The van der Waals surface area contributed by atoms with Gasteiger partial charge in [-0.3, -0.25) is 9.79 Å². The summed E-state index contributed by atoms with van der Waals surface area (Å²) in [6.07, 6.45) is 1.35. The number of aliphatic imine (C=N–C) groups is 1. The minimum absolute atomic E-state index is 0.00311. The number of nitrogens with zero attached hydrogens (tertiary/aromatic N) is 1. The van der Waals surface area contributed by atoms with E-state index in [0.717, 1.165) is 5.56 Å². The predicted octanol–water partition coefficient (Wildman–Crippen LogP) is 5.15. The first-order valence-corrected chi connectivity index (χ1v) is 9.37. The zero-order valence-electron chi connectivity index (χ0n) is 16.4. The van der Waals surface area contributed by atoms with Crippen LogP contribution in [0.2, 0.25) is 0 Å². The third kappa shape index (κ3) is 4.09. The van der Waals surface area contributed by atoms with E-state index in [0.29, 0.717) is 47.7 Å². The second kappa shape index (κ2) is 8.74. The Morgan fingerprint density at radius 1 is 1.07 bits per heavy atom. The number of Topliss-reactive ketones (excluding diaryl/α,β-unsaturated/α-hetero) is 1. The molecule has 0 saturated carbocycles. The van der Waals surface area contributed by atoms with Gasteiger partial charge in [0, 0.05) is 18.9 Å². The van der Waals surface area contributed by atoms with Crippen LogP contribution in [-0.2, 0) is 4.79 Å². The maximum Gasteiger partial charge on any atom is 0.168 e. The van der Waals surface area contributed by atoms with Gasteiger partial charge in [-0.1, -0.05) is 37.3 Å². The number of ketones is 1. The molecule has 1 aliphatic carbocycles. The van der Waals surface area contributed by atoms with E-state index >= 15 is 0 Å².